The number of carbonyl (C=O) groups excluding carboxylic acids is 3. The van der Waals surface area contributed by atoms with Crippen LogP contribution in [0, 0.1) is 19.8 Å². The Hall–Kier alpha value is -2.57. The number of nitrogens with zero attached hydrogens (tertiary/aromatic N) is 1. The molecule has 0 spiro atoms. The van der Waals surface area contributed by atoms with Crippen LogP contribution >= 0.6 is 0 Å². The fraction of sp³-hybridized carbons (Fsp3) is 0.679. The van der Waals surface area contributed by atoms with E-state index in [9.17, 15) is 14.4 Å². The minimum atomic E-state index is -0.852. The average molecular weight is 490 g/mol. The van der Waals surface area contributed by atoms with Crippen molar-refractivity contribution in [3.8, 4) is 0 Å². The zero-order valence-electron chi connectivity index (χ0n) is 23.8. The molecule has 0 fully saturated rings. The summed E-state index contributed by atoms with van der Waals surface area (Å²) in [5.41, 5.74) is 1.59. The van der Waals surface area contributed by atoms with Crippen LogP contribution in [-0.4, -0.2) is 46.0 Å². The van der Waals surface area contributed by atoms with Crippen LogP contribution in [0.5, 0.6) is 0 Å². The first kappa shape index (κ1) is 30.5. The highest BCUT2D eigenvalue weighted by atomic mass is 16.6. The molecule has 35 heavy (non-hydrogen) atoms. The Balaban J connectivity index is 3.62. The molecule has 2 N–H and O–H groups in total. The van der Waals surface area contributed by atoms with Crippen molar-refractivity contribution in [2.75, 3.05) is 0 Å². The highest BCUT2D eigenvalue weighted by Gasteiger charge is 2.40. The molecule has 0 radical (unpaired) electrons. The van der Waals surface area contributed by atoms with Gasteiger partial charge in [-0.25, -0.2) is 4.79 Å². The van der Waals surface area contributed by atoms with E-state index < -0.39 is 29.3 Å². The van der Waals surface area contributed by atoms with Crippen LogP contribution in [0.2, 0.25) is 0 Å². The molecule has 0 aliphatic heterocycles. The van der Waals surface area contributed by atoms with E-state index in [2.05, 4.69) is 10.6 Å². The van der Waals surface area contributed by atoms with Crippen LogP contribution in [0.4, 0.5) is 4.79 Å². The van der Waals surface area contributed by atoms with Gasteiger partial charge in [0.25, 0.3) is 0 Å². The second kappa shape index (κ2) is 11.9. The Morgan fingerprint density at radius 1 is 0.943 bits per heavy atom. The molecule has 3 atom stereocenters. The number of alkyl carbamates (subject to hydrolysis) is 1. The van der Waals surface area contributed by atoms with Gasteiger partial charge in [0.1, 0.15) is 17.7 Å². The summed E-state index contributed by atoms with van der Waals surface area (Å²) < 4.78 is 5.42. The number of ether oxygens (including phenoxy) is 1. The van der Waals surface area contributed by atoms with Crippen LogP contribution in [0.25, 0.3) is 0 Å². The predicted molar refractivity (Wildman–Crippen MR) is 141 cm³/mol. The first-order valence-corrected chi connectivity index (χ1v) is 12.6. The van der Waals surface area contributed by atoms with Gasteiger partial charge in [0.05, 0.1) is 0 Å². The van der Waals surface area contributed by atoms with E-state index in [-0.39, 0.29) is 23.8 Å². The van der Waals surface area contributed by atoms with E-state index in [1.807, 2.05) is 80.5 Å². The molecule has 0 aliphatic rings. The summed E-state index contributed by atoms with van der Waals surface area (Å²) >= 11 is 0. The molecule has 198 valence electrons. The summed E-state index contributed by atoms with van der Waals surface area (Å²) in [6.45, 7) is 22.7. The van der Waals surface area contributed by atoms with Gasteiger partial charge < -0.3 is 20.3 Å². The van der Waals surface area contributed by atoms with Crippen molar-refractivity contribution in [3.63, 3.8) is 0 Å². The van der Waals surface area contributed by atoms with Crippen molar-refractivity contribution in [3.05, 3.63) is 34.9 Å². The molecule has 1 rings (SSSR count). The monoisotopic (exact) mass is 489 g/mol. The molecule has 1 aromatic rings. The first-order valence-electron chi connectivity index (χ1n) is 12.6. The second-order valence-electron chi connectivity index (χ2n) is 11.9. The van der Waals surface area contributed by atoms with E-state index in [1.165, 1.54) is 0 Å². The normalized spacial score (nSPS) is 14.7. The average Bonchev–Trinajstić information content (AvgIpc) is 2.65. The van der Waals surface area contributed by atoms with E-state index in [4.69, 9.17) is 4.74 Å². The lowest BCUT2D eigenvalue weighted by Gasteiger charge is -2.40. The molecule has 1 aromatic carbocycles. The summed E-state index contributed by atoms with van der Waals surface area (Å²) in [7, 11) is 0. The molecule has 0 aliphatic carbocycles. The minimum Gasteiger partial charge on any atom is -0.444 e. The van der Waals surface area contributed by atoms with Crippen molar-refractivity contribution < 1.29 is 19.1 Å². The van der Waals surface area contributed by atoms with E-state index >= 15 is 0 Å². The van der Waals surface area contributed by atoms with Gasteiger partial charge in [0.15, 0.2) is 0 Å². The highest BCUT2D eigenvalue weighted by molar-refractivity contribution is 5.92. The molecule has 0 bridgehead atoms. The second-order valence-corrected chi connectivity index (χ2v) is 11.9. The first-order chi connectivity index (χ1) is 15.9. The highest BCUT2D eigenvalue weighted by Crippen LogP contribution is 2.29. The zero-order valence-corrected chi connectivity index (χ0v) is 23.8. The molecule has 3 unspecified atom stereocenters. The standard InChI is InChI=1S/C28H47N3O4/c1-13-20(6)31(25(33)22(17(2)3)29-26(34)35-28(10,11)12)23(24(32)30-27(7,8)9)21-15-18(4)14-19(5)16-21/h14-17,20,22-23H,13H2,1-12H3,(H,29,34)(H,30,32). The lowest BCUT2D eigenvalue weighted by molar-refractivity contribution is -0.146. The summed E-state index contributed by atoms with van der Waals surface area (Å²) in [6.07, 6.45) is -0.0108. The maximum atomic E-state index is 14.1. The van der Waals surface area contributed by atoms with Gasteiger partial charge in [-0.3, -0.25) is 9.59 Å². The Morgan fingerprint density at radius 2 is 1.46 bits per heavy atom. The van der Waals surface area contributed by atoms with Crippen LogP contribution in [0.3, 0.4) is 0 Å². The van der Waals surface area contributed by atoms with Gasteiger partial charge in [0, 0.05) is 11.6 Å². The van der Waals surface area contributed by atoms with Crippen LogP contribution in [0.1, 0.15) is 98.4 Å². The Labute approximate surface area is 212 Å². The zero-order chi connectivity index (χ0) is 27.3. The molecule has 0 saturated heterocycles. The molecule has 0 heterocycles. The summed E-state index contributed by atoms with van der Waals surface area (Å²) in [6, 6.07) is 3.99. The Morgan fingerprint density at radius 3 is 1.86 bits per heavy atom. The van der Waals surface area contributed by atoms with Crippen molar-refractivity contribution in [1.29, 1.82) is 0 Å². The number of carbonyl (C=O) groups is 3. The van der Waals surface area contributed by atoms with Gasteiger partial charge in [-0.2, -0.15) is 0 Å². The Kier molecular flexibility index (Phi) is 10.4. The summed E-state index contributed by atoms with van der Waals surface area (Å²) in [5.74, 6) is -0.781. The SMILES string of the molecule is CCC(C)N(C(=O)C(NC(=O)OC(C)(C)C)C(C)C)C(C(=O)NC(C)(C)C)c1cc(C)cc(C)c1. The van der Waals surface area contributed by atoms with Gasteiger partial charge in [0.2, 0.25) is 11.8 Å². The maximum absolute atomic E-state index is 14.1. The molecule has 3 amide bonds. The van der Waals surface area contributed by atoms with Gasteiger partial charge >= 0.3 is 6.09 Å². The third kappa shape index (κ3) is 9.54. The van der Waals surface area contributed by atoms with E-state index in [0.717, 1.165) is 16.7 Å². The molecule has 7 nitrogen and oxygen atoms in total. The van der Waals surface area contributed by atoms with Crippen LogP contribution < -0.4 is 10.6 Å². The van der Waals surface area contributed by atoms with Gasteiger partial charge in [-0.1, -0.05) is 50.1 Å². The fourth-order valence-electron chi connectivity index (χ4n) is 3.95. The molecule has 7 heteroatoms. The van der Waals surface area contributed by atoms with Crippen molar-refractivity contribution in [1.82, 2.24) is 15.5 Å². The lowest BCUT2D eigenvalue weighted by Crippen LogP contribution is -2.58. The molecular weight excluding hydrogens is 442 g/mol. The number of hydrogen-bond acceptors (Lipinski definition) is 4. The largest absolute Gasteiger partial charge is 0.444 e. The number of benzene rings is 1. The van der Waals surface area contributed by atoms with Crippen LogP contribution in [-0.2, 0) is 14.3 Å². The summed E-state index contributed by atoms with van der Waals surface area (Å²) in [4.78, 5) is 42.1. The van der Waals surface area contributed by atoms with Crippen molar-refractivity contribution in [2.24, 2.45) is 5.92 Å². The van der Waals surface area contributed by atoms with Gasteiger partial charge in [-0.05, 0) is 80.2 Å². The maximum Gasteiger partial charge on any atom is 0.408 e. The smallest absolute Gasteiger partial charge is 0.408 e. The lowest BCUT2D eigenvalue weighted by atomic mass is 9.94. The number of rotatable bonds is 8. The topological polar surface area (TPSA) is 87.7 Å². The number of hydrogen-bond donors (Lipinski definition) is 2. The third-order valence-corrected chi connectivity index (χ3v) is 5.51. The van der Waals surface area contributed by atoms with Gasteiger partial charge in [-0.15, -0.1) is 0 Å². The number of amides is 3. The quantitative estimate of drug-likeness (QED) is 0.509. The molecule has 0 saturated carbocycles. The number of nitrogens with one attached hydrogen (secondary N) is 2. The minimum absolute atomic E-state index is 0.216. The summed E-state index contributed by atoms with van der Waals surface area (Å²) in [5, 5.41) is 5.83. The molecule has 0 aromatic heterocycles. The van der Waals surface area contributed by atoms with Crippen LogP contribution in [0.15, 0.2) is 18.2 Å². The molecular formula is C28H47N3O4. The fourth-order valence-corrected chi connectivity index (χ4v) is 3.95. The number of aryl methyl sites for hydroxylation is 2. The predicted octanol–water partition coefficient (Wildman–Crippen LogP) is 5.44. The Bertz CT molecular complexity index is 876. The van der Waals surface area contributed by atoms with E-state index in [0.29, 0.717) is 6.42 Å². The van der Waals surface area contributed by atoms with E-state index in [1.54, 1.807) is 25.7 Å². The van der Waals surface area contributed by atoms with Crippen molar-refractivity contribution in [2.45, 2.75) is 119 Å². The van der Waals surface area contributed by atoms with Crippen molar-refractivity contribution >= 4 is 17.9 Å². The third-order valence-electron chi connectivity index (χ3n) is 5.51.